The molecule has 0 heterocycles. The van der Waals surface area contributed by atoms with Gasteiger partial charge in [-0.25, -0.2) is 0 Å². The number of aliphatic carboxylic acids is 2. The molecule has 0 aromatic heterocycles. The fourth-order valence-electron chi connectivity index (χ4n) is 1.23. The molecule has 2 N–H and O–H groups in total. The molecule has 80 valence electrons. The molecule has 0 aromatic carbocycles. The average molecular weight is 221 g/mol. The van der Waals surface area contributed by atoms with Gasteiger partial charge in [0.05, 0.1) is 0 Å². The third-order valence-corrected chi connectivity index (χ3v) is 2.46. The maximum Gasteiger partial charge on any atom is 0.321 e. The topological polar surface area (TPSA) is 74.6 Å². The van der Waals surface area contributed by atoms with Gasteiger partial charge in [-0.3, -0.25) is 9.59 Å². The minimum atomic E-state index is -1.79. The van der Waals surface area contributed by atoms with Crippen LogP contribution in [0.1, 0.15) is 20.3 Å². The Bertz CT molecular complexity index is 244. The molecule has 0 aliphatic rings. The van der Waals surface area contributed by atoms with Gasteiger partial charge in [-0.1, -0.05) is 31.5 Å². The Hall–Kier alpha value is -1.03. The van der Waals surface area contributed by atoms with E-state index in [0.29, 0.717) is 0 Å². The molecule has 0 aliphatic carbocycles. The second-order valence-electron chi connectivity index (χ2n) is 3.30. The van der Waals surface area contributed by atoms with E-state index in [0.717, 1.165) is 5.54 Å². The molecule has 4 nitrogen and oxygen atoms in total. The first-order valence-corrected chi connectivity index (χ1v) is 4.55. The fourth-order valence-corrected chi connectivity index (χ4v) is 1.32. The van der Waals surface area contributed by atoms with Crippen LogP contribution in [0.15, 0.2) is 11.6 Å². The first-order chi connectivity index (χ1) is 6.39. The molecule has 5 heteroatoms. The van der Waals surface area contributed by atoms with E-state index in [4.69, 9.17) is 21.8 Å². The molecule has 0 rings (SSSR count). The Morgan fingerprint density at radius 1 is 1.36 bits per heavy atom. The van der Waals surface area contributed by atoms with Crippen molar-refractivity contribution in [3.63, 3.8) is 0 Å². The van der Waals surface area contributed by atoms with Crippen LogP contribution in [0.5, 0.6) is 0 Å². The Morgan fingerprint density at radius 2 is 1.79 bits per heavy atom. The van der Waals surface area contributed by atoms with Crippen molar-refractivity contribution >= 4 is 23.5 Å². The summed E-state index contributed by atoms with van der Waals surface area (Å²) in [5.74, 6) is -3.19. The van der Waals surface area contributed by atoms with E-state index in [1.165, 1.54) is 6.08 Å². The minimum Gasteiger partial charge on any atom is -0.480 e. The molecular weight excluding hydrogens is 208 g/mol. The van der Waals surface area contributed by atoms with Gasteiger partial charge in [0.1, 0.15) is 0 Å². The van der Waals surface area contributed by atoms with Crippen molar-refractivity contribution in [1.82, 2.24) is 0 Å². The molecule has 0 saturated carbocycles. The maximum atomic E-state index is 11.0. The molecule has 0 saturated heterocycles. The van der Waals surface area contributed by atoms with E-state index in [2.05, 4.69) is 0 Å². The van der Waals surface area contributed by atoms with E-state index in [1.807, 2.05) is 0 Å². The predicted octanol–water partition coefficient (Wildman–Crippen LogP) is 1.94. The highest BCUT2D eigenvalue weighted by Gasteiger charge is 2.48. The van der Waals surface area contributed by atoms with Crippen molar-refractivity contribution in [2.75, 3.05) is 0 Å². The largest absolute Gasteiger partial charge is 0.480 e. The van der Waals surface area contributed by atoms with Gasteiger partial charge in [0.25, 0.3) is 0 Å². The van der Waals surface area contributed by atoms with Gasteiger partial charge in [0, 0.05) is 5.54 Å². The predicted molar refractivity (Wildman–Crippen MR) is 52.2 cm³/mol. The molecule has 0 amide bonds. The van der Waals surface area contributed by atoms with Gasteiger partial charge in [-0.15, -0.1) is 0 Å². The van der Waals surface area contributed by atoms with E-state index >= 15 is 0 Å². The molecule has 0 unspecified atom stereocenters. The summed E-state index contributed by atoms with van der Waals surface area (Å²) in [5.41, 5.74) is -0.658. The number of carbonyl (C=O) groups is 2. The Morgan fingerprint density at radius 3 is 2.00 bits per heavy atom. The Kier molecular flexibility index (Phi) is 4.63. The highest BCUT2D eigenvalue weighted by atomic mass is 35.5. The summed E-state index contributed by atoms with van der Waals surface area (Å²) < 4.78 is 0. The van der Waals surface area contributed by atoms with Gasteiger partial charge in [-0.05, 0) is 12.3 Å². The first-order valence-electron chi connectivity index (χ1n) is 4.11. The smallest absolute Gasteiger partial charge is 0.321 e. The minimum absolute atomic E-state index is 0.112. The quantitative estimate of drug-likeness (QED) is 0.695. The van der Waals surface area contributed by atoms with Crippen LogP contribution in [0.4, 0.5) is 0 Å². The molecule has 0 aliphatic heterocycles. The van der Waals surface area contributed by atoms with Crippen molar-refractivity contribution in [1.29, 1.82) is 0 Å². The van der Waals surface area contributed by atoms with Crippen molar-refractivity contribution in [3.05, 3.63) is 11.6 Å². The molecular formula is C9H13ClO4. The zero-order valence-corrected chi connectivity index (χ0v) is 8.78. The highest BCUT2D eigenvalue weighted by molar-refractivity contribution is 6.25. The monoisotopic (exact) mass is 220 g/mol. The van der Waals surface area contributed by atoms with Gasteiger partial charge in [-0.2, -0.15) is 0 Å². The number of hydrogen-bond acceptors (Lipinski definition) is 2. The summed E-state index contributed by atoms with van der Waals surface area (Å²) >= 11 is 5.26. The lowest BCUT2D eigenvalue weighted by Gasteiger charge is -2.27. The molecule has 0 aromatic rings. The Labute approximate surface area is 87.2 Å². The number of rotatable bonds is 5. The second-order valence-corrected chi connectivity index (χ2v) is 3.55. The third-order valence-electron chi connectivity index (χ3n) is 2.28. The van der Waals surface area contributed by atoms with E-state index in [9.17, 15) is 9.59 Å². The van der Waals surface area contributed by atoms with E-state index in [1.54, 1.807) is 13.8 Å². The van der Waals surface area contributed by atoms with Crippen LogP contribution in [0.2, 0.25) is 0 Å². The third kappa shape index (κ3) is 2.26. The van der Waals surface area contributed by atoms with Crippen LogP contribution in [0, 0.1) is 11.3 Å². The van der Waals surface area contributed by atoms with Crippen molar-refractivity contribution in [2.24, 2.45) is 11.3 Å². The van der Waals surface area contributed by atoms with Gasteiger partial charge in [0.2, 0.25) is 0 Å². The molecule has 14 heavy (non-hydrogen) atoms. The summed E-state index contributed by atoms with van der Waals surface area (Å²) in [6.45, 7) is 3.12. The molecule has 0 spiro atoms. The molecule has 0 fully saturated rings. The van der Waals surface area contributed by atoms with Gasteiger partial charge >= 0.3 is 11.9 Å². The van der Waals surface area contributed by atoms with Gasteiger partial charge < -0.3 is 10.2 Å². The highest BCUT2D eigenvalue weighted by Crippen LogP contribution is 2.33. The molecule has 0 atom stereocenters. The van der Waals surface area contributed by atoms with E-state index in [-0.39, 0.29) is 6.42 Å². The second kappa shape index (κ2) is 5.00. The fraction of sp³-hybridized carbons (Fsp3) is 0.556. The Balaban J connectivity index is 5.16. The van der Waals surface area contributed by atoms with Crippen molar-refractivity contribution < 1.29 is 19.8 Å². The summed E-state index contributed by atoms with van der Waals surface area (Å²) in [6.07, 6.45) is 1.22. The van der Waals surface area contributed by atoms with Crippen LogP contribution in [0.3, 0.4) is 0 Å². The van der Waals surface area contributed by atoms with Crippen molar-refractivity contribution in [3.8, 4) is 0 Å². The summed E-state index contributed by atoms with van der Waals surface area (Å²) in [4.78, 5) is 21.9. The zero-order chi connectivity index (χ0) is 11.4. The van der Waals surface area contributed by atoms with Crippen LogP contribution < -0.4 is 0 Å². The van der Waals surface area contributed by atoms with Crippen LogP contribution in [0.25, 0.3) is 0 Å². The van der Waals surface area contributed by atoms with Gasteiger partial charge in [0.15, 0.2) is 5.41 Å². The zero-order valence-electron chi connectivity index (χ0n) is 8.03. The lowest BCUT2D eigenvalue weighted by atomic mass is 9.74. The van der Waals surface area contributed by atoms with E-state index < -0.39 is 23.3 Å². The lowest BCUT2D eigenvalue weighted by Crippen LogP contribution is -2.43. The molecule has 0 bridgehead atoms. The molecule has 0 radical (unpaired) electrons. The number of carboxylic acid groups (broad SMARTS) is 2. The summed E-state index contributed by atoms with van der Waals surface area (Å²) in [7, 11) is 0. The maximum absolute atomic E-state index is 11.0. The van der Waals surface area contributed by atoms with Crippen LogP contribution in [-0.4, -0.2) is 22.2 Å². The summed E-state index contributed by atoms with van der Waals surface area (Å²) in [5, 5.41) is 17.9. The first kappa shape index (κ1) is 13.0. The van der Waals surface area contributed by atoms with Crippen LogP contribution in [-0.2, 0) is 9.59 Å². The number of halogens is 1. The standard InChI is InChI=1S/C9H13ClO4/c1-6(2)9(7(11)12,8(13)14)4-3-5-10/h3,5-6H,4H2,1-2H3,(H,11,12)(H,13,14)/b5-3+. The SMILES string of the molecule is CC(C)C(C/C=C/Cl)(C(=O)O)C(=O)O. The number of carboxylic acids is 2. The number of allylic oxidation sites excluding steroid dienone is 1. The normalized spacial score (nSPS) is 12.3. The number of hydrogen-bond donors (Lipinski definition) is 2. The van der Waals surface area contributed by atoms with Crippen LogP contribution >= 0.6 is 11.6 Å². The average Bonchev–Trinajstić information content (AvgIpc) is 2.03. The van der Waals surface area contributed by atoms with Crippen molar-refractivity contribution in [2.45, 2.75) is 20.3 Å². The lowest BCUT2D eigenvalue weighted by molar-refractivity contribution is -0.168. The summed E-state index contributed by atoms with van der Waals surface area (Å²) in [6, 6.07) is 0.